The normalized spacial score (nSPS) is 27.0. The topological polar surface area (TPSA) is 72.8 Å². The fourth-order valence-corrected chi connectivity index (χ4v) is 1.77. The number of carboxylic acid groups (broad SMARTS) is 1. The second kappa shape index (κ2) is 5.33. The molecule has 108 valence electrons. The largest absolute Gasteiger partial charge is 0.481 e. The first-order valence-corrected chi connectivity index (χ1v) is 6.31. The minimum absolute atomic E-state index is 0.215. The van der Waals surface area contributed by atoms with E-state index in [2.05, 4.69) is 0 Å². The summed E-state index contributed by atoms with van der Waals surface area (Å²) in [7, 11) is 0. The third kappa shape index (κ3) is 3.80. The molecule has 0 bridgehead atoms. The van der Waals surface area contributed by atoms with Crippen molar-refractivity contribution in [1.82, 2.24) is 0 Å². The van der Waals surface area contributed by atoms with Gasteiger partial charge in [0.05, 0.1) is 6.42 Å². The number of rotatable bonds is 4. The minimum Gasteiger partial charge on any atom is -0.481 e. The summed E-state index contributed by atoms with van der Waals surface area (Å²) in [6.07, 6.45) is 0.912. The van der Waals surface area contributed by atoms with Crippen LogP contribution in [0.15, 0.2) is 11.6 Å². The Morgan fingerprint density at radius 1 is 1.42 bits per heavy atom. The van der Waals surface area contributed by atoms with Crippen molar-refractivity contribution in [1.29, 1.82) is 0 Å². The average Bonchev–Trinajstić information content (AvgIpc) is 2.53. The van der Waals surface area contributed by atoms with Gasteiger partial charge in [-0.15, -0.1) is 0 Å². The van der Waals surface area contributed by atoms with Crippen molar-refractivity contribution in [2.24, 2.45) is 5.41 Å². The van der Waals surface area contributed by atoms with Crippen LogP contribution in [0.3, 0.4) is 0 Å². The zero-order valence-electron chi connectivity index (χ0n) is 12.1. The number of cyclic esters (lactones) is 1. The first-order valence-electron chi connectivity index (χ1n) is 6.31. The molecule has 1 heterocycles. The average molecular weight is 270 g/mol. The molecule has 0 radical (unpaired) electrons. The Balaban J connectivity index is 3.01. The monoisotopic (exact) mass is 270 g/mol. The van der Waals surface area contributed by atoms with Crippen molar-refractivity contribution in [2.45, 2.75) is 59.4 Å². The van der Waals surface area contributed by atoms with Gasteiger partial charge in [-0.2, -0.15) is 0 Å². The molecule has 0 aromatic carbocycles. The van der Waals surface area contributed by atoms with Crippen LogP contribution >= 0.6 is 0 Å². The number of ether oxygens (including phenoxy) is 2. The van der Waals surface area contributed by atoms with E-state index in [1.807, 2.05) is 34.6 Å². The van der Waals surface area contributed by atoms with Gasteiger partial charge in [0.2, 0.25) is 6.29 Å². The Bertz CT molecular complexity index is 401. The van der Waals surface area contributed by atoms with Crippen molar-refractivity contribution in [3.63, 3.8) is 0 Å². The summed E-state index contributed by atoms with van der Waals surface area (Å²) in [5, 5.41) is 9.00. The van der Waals surface area contributed by atoms with Crippen molar-refractivity contribution in [3.8, 4) is 0 Å². The minimum atomic E-state index is -1.40. The highest BCUT2D eigenvalue weighted by atomic mass is 16.8. The fourth-order valence-electron chi connectivity index (χ4n) is 1.77. The van der Waals surface area contributed by atoms with Gasteiger partial charge in [-0.05, 0) is 13.8 Å². The van der Waals surface area contributed by atoms with Crippen LogP contribution in [-0.4, -0.2) is 28.9 Å². The SMILES string of the molecule is CC(C)=CC[C@]1(CC(=O)O)O[C@@H](C(C)(C)C)OC1=O. The van der Waals surface area contributed by atoms with Gasteiger partial charge < -0.3 is 14.6 Å². The number of allylic oxidation sites excluding steroid dienone is 1. The lowest BCUT2D eigenvalue weighted by Gasteiger charge is -2.27. The lowest BCUT2D eigenvalue weighted by Crippen LogP contribution is -2.39. The van der Waals surface area contributed by atoms with Crippen LogP contribution in [0.25, 0.3) is 0 Å². The summed E-state index contributed by atoms with van der Waals surface area (Å²) in [5.74, 6) is -1.67. The van der Waals surface area contributed by atoms with Crippen molar-refractivity contribution < 1.29 is 24.2 Å². The molecular formula is C14H22O5. The molecule has 1 aliphatic heterocycles. The maximum atomic E-state index is 12.1. The molecule has 1 N–H and O–H groups in total. The van der Waals surface area contributed by atoms with Crippen LogP contribution in [0.1, 0.15) is 47.5 Å². The first kappa shape index (κ1) is 15.7. The molecule has 1 aliphatic rings. The predicted molar refractivity (Wildman–Crippen MR) is 69.5 cm³/mol. The quantitative estimate of drug-likeness (QED) is 0.627. The fraction of sp³-hybridized carbons (Fsp3) is 0.714. The van der Waals surface area contributed by atoms with Crippen LogP contribution in [0.5, 0.6) is 0 Å². The van der Waals surface area contributed by atoms with E-state index < -0.39 is 23.8 Å². The summed E-state index contributed by atoms with van der Waals surface area (Å²) in [6.45, 7) is 9.40. The molecule has 19 heavy (non-hydrogen) atoms. The number of hydrogen-bond acceptors (Lipinski definition) is 4. The van der Waals surface area contributed by atoms with Crippen molar-refractivity contribution >= 4 is 11.9 Å². The highest BCUT2D eigenvalue weighted by Gasteiger charge is 2.54. The number of aliphatic carboxylic acids is 1. The van der Waals surface area contributed by atoms with Gasteiger partial charge >= 0.3 is 11.9 Å². The van der Waals surface area contributed by atoms with Crippen LogP contribution in [0, 0.1) is 5.41 Å². The molecular weight excluding hydrogens is 248 g/mol. The van der Waals surface area contributed by atoms with Gasteiger partial charge in [-0.1, -0.05) is 32.4 Å². The van der Waals surface area contributed by atoms with Crippen LogP contribution < -0.4 is 0 Å². The molecule has 0 spiro atoms. The zero-order chi connectivity index (χ0) is 14.8. The maximum Gasteiger partial charge on any atom is 0.341 e. The van der Waals surface area contributed by atoms with Crippen molar-refractivity contribution in [2.75, 3.05) is 0 Å². The molecule has 0 unspecified atom stereocenters. The summed E-state index contributed by atoms with van der Waals surface area (Å²) < 4.78 is 10.9. The second-order valence-electron chi connectivity index (χ2n) is 6.27. The Hall–Kier alpha value is -1.36. The van der Waals surface area contributed by atoms with E-state index in [0.29, 0.717) is 0 Å². The number of carbonyl (C=O) groups excluding carboxylic acids is 1. The first-order chi connectivity index (χ1) is 8.57. The molecule has 0 saturated carbocycles. The number of esters is 1. The standard InChI is InChI=1S/C14H22O5/c1-9(2)6-7-14(8-10(15)16)11(17)18-12(19-14)13(3,4)5/h6,12H,7-8H2,1-5H3,(H,15,16)/t12-,14+/m0/s1. The van der Waals surface area contributed by atoms with Gasteiger partial charge in [-0.25, -0.2) is 4.79 Å². The molecule has 1 rings (SSSR count). The van der Waals surface area contributed by atoms with Crippen molar-refractivity contribution in [3.05, 3.63) is 11.6 Å². The van der Waals surface area contributed by atoms with E-state index in [-0.39, 0.29) is 18.3 Å². The Morgan fingerprint density at radius 2 is 2.00 bits per heavy atom. The third-order valence-electron chi connectivity index (χ3n) is 2.90. The molecule has 0 aliphatic carbocycles. The lowest BCUT2D eigenvalue weighted by molar-refractivity contribution is -0.159. The smallest absolute Gasteiger partial charge is 0.341 e. The summed E-state index contributed by atoms with van der Waals surface area (Å²) in [6, 6.07) is 0. The van der Waals surface area contributed by atoms with E-state index in [1.54, 1.807) is 6.08 Å². The van der Waals surface area contributed by atoms with E-state index in [9.17, 15) is 9.59 Å². The predicted octanol–water partition coefficient (Wildman–Crippen LogP) is 2.50. The highest BCUT2D eigenvalue weighted by Crippen LogP contribution is 2.39. The third-order valence-corrected chi connectivity index (χ3v) is 2.90. The summed E-state index contributed by atoms with van der Waals surface area (Å²) in [5.41, 5.74) is -0.789. The van der Waals surface area contributed by atoms with E-state index >= 15 is 0 Å². The molecule has 1 fully saturated rings. The number of hydrogen-bond donors (Lipinski definition) is 1. The summed E-state index contributed by atoms with van der Waals surface area (Å²) in [4.78, 5) is 23.1. The molecule has 1 saturated heterocycles. The number of carboxylic acids is 1. The van der Waals surface area contributed by atoms with E-state index in [0.717, 1.165) is 5.57 Å². The van der Waals surface area contributed by atoms with Gasteiger partial charge in [0.1, 0.15) is 0 Å². The second-order valence-corrected chi connectivity index (χ2v) is 6.27. The van der Waals surface area contributed by atoms with Gasteiger partial charge in [0.15, 0.2) is 5.60 Å². The van der Waals surface area contributed by atoms with Gasteiger partial charge in [0, 0.05) is 11.8 Å². The molecule has 0 aromatic heterocycles. The molecule has 5 nitrogen and oxygen atoms in total. The maximum absolute atomic E-state index is 12.1. The Labute approximate surface area is 113 Å². The van der Waals surface area contributed by atoms with E-state index in [1.165, 1.54) is 0 Å². The van der Waals surface area contributed by atoms with Crippen LogP contribution in [0.2, 0.25) is 0 Å². The van der Waals surface area contributed by atoms with Gasteiger partial charge in [-0.3, -0.25) is 4.79 Å². The highest BCUT2D eigenvalue weighted by molar-refractivity contribution is 5.86. The summed E-state index contributed by atoms with van der Waals surface area (Å²) >= 11 is 0. The van der Waals surface area contributed by atoms with Crippen LogP contribution in [-0.2, 0) is 19.1 Å². The molecule has 0 amide bonds. The zero-order valence-corrected chi connectivity index (χ0v) is 12.1. The Morgan fingerprint density at radius 3 is 2.37 bits per heavy atom. The molecule has 0 aromatic rings. The Kier molecular flexibility index (Phi) is 4.40. The number of carbonyl (C=O) groups is 2. The molecule has 5 heteroatoms. The van der Waals surface area contributed by atoms with Gasteiger partial charge in [0.25, 0.3) is 0 Å². The van der Waals surface area contributed by atoms with E-state index in [4.69, 9.17) is 14.6 Å². The van der Waals surface area contributed by atoms with Crippen LogP contribution in [0.4, 0.5) is 0 Å². The lowest BCUT2D eigenvalue weighted by atomic mass is 9.93. The molecule has 2 atom stereocenters.